The maximum atomic E-state index is 12.6. The molecule has 2 saturated heterocycles. The molecule has 2 N–H and O–H groups in total. The second-order valence-corrected chi connectivity index (χ2v) is 6.82. The van der Waals surface area contributed by atoms with Gasteiger partial charge in [0.25, 0.3) is 5.91 Å². The van der Waals surface area contributed by atoms with E-state index in [1.165, 1.54) is 0 Å². The average Bonchev–Trinajstić information content (AvgIpc) is 3.32. The molecule has 0 unspecified atom stereocenters. The molecule has 2 aliphatic rings. The monoisotopic (exact) mass is 343 g/mol. The van der Waals surface area contributed by atoms with Gasteiger partial charge in [-0.3, -0.25) is 9.69 Å². The maximum Gasteiger partial charge on any atom is 0.267 e. The Hall–Kier alpha value is -1.89. The van der Waals surface area contributed by atoms with Crippen LogP contribution in [0.2, 0.25) is 0 Å². The zero-order valence-electron chi connectivity index (χ0n) is 14.4. The minimum Gasteiger partial charge on any atom is -0.381 e. The number of hydrogen-bond donors (Lipinski definition) is 2. The second kappa shape index (κ2) is 7.56. The molecule has 3 heterocycles. The topological polar surface area (TPSA) is 66.6 Å². The van der Waals surface area contributed by atoms with Gasteiger partial charge in [0.1, 0.15) is 5.69 Å². The molecular formula is C19H25N3O3. The third-order valence-corrected chi connectivity index (χ3v) is 5.27. The molecule has 0 saturated carbocycles. The lowest BCUT2D eigenvalue weighted by Gasteiger charge is -2.37. The molecule has 2 fully saturated rings. The number of nitrogens with one attached hydrogen (secondary N) is 2. The number of ether oxygens (including phenoxy) is 2. The van der Waals surface area contributed by atoms with Gasteiger partial charge in [0, 0.05) is 49.1 Å². The van der Waals surface area contributed by atoms with E-state index in [0.717, 1.165) is 56.8 Å². The second-order valence-electron chi connectivity index (χ2n) is 6.82. The van der Waals surface area contributed by atoms with E-state index in [9.17, 15) is 4.79 Å². The van der Waals surface area contributed by atoms with Gasteiger partial charge in [0.15, 0.2) is 0 Å². The van der Waals surface area contributed by atoms with Gasteiger partial charge in [-0.1, -0.05) is 18.2 Å². The molecule has 0 aliphatic carbocycles. The maximum absolute atomic E-state index is 12.6. The van der Waals surface area contributed by atoms with E-state index >= 15 is 0 Å². The van der Waals surface area contributed by atoms with Crippen LogP contribution >= 0.6 is 0 Å². The van der Waals surface area contributed by atoms with E-state index in [1.54, 1.807) is 0 Å². The number of H-pyrrole nitrogens is 1. The summed E-state index contributed by atoms with van der Waals surface area (Å²) in [5, 5.41) is 4.18. The van der Waals surface area contributed by atoms with Crippen molar-refractivity contribution >= 4 is 16.8 Å². The quantitative estimate of drug-likeness (QED) is 0.866. The van der Waals surface area contributed by atoms with Crippen LogP contribution in [0.4, 0.5) is 0 Å². The van der Waals surface area contributed by atoms with Crippen LogP contribution in [-0.2, 0) is 9.47 Å². The molecule has 2 aliphatic heterocycles. The molecule has 1 aromatic carbocycles. The van der Waals surface area contributed by atoms with Gasteiger partial charge in [0.2, 0.25) is 0 Å². The van der Waals surface area contributed by atoms with Gasteiger partial charge in [0.05, 0.1) is 19.8 Å². The van der Waals surface area contributed by atoms with E-state index in [-0.39, 0.29) is 5.91 Å². The summed E-state index contributed by atoms with van der Waals surface area (Å²) in [6.07, 6.45) is 1.06. The highest BCUT2D eigenvalue weighted by molar-refractivity contribution is 5.97. The summed E-state index contributed by atoms with van der Waals surface area (Å²) in [6, 6.07) is 10.2. The normalized spacial score (nSPS) is 23.0. The van der Waals surface area contributed by atoms with Crippen LogP contribution in [0.25, 0.3) is 10.9 Å². The summed E-state index contributed by atoms with van der Waals surface area (Å²) < 4.78 is 11.1. The summed E-state index contributed by atoms with van der Waals surface area (Å²) >= 11 is 0. The summed E-state index contributed by atoms with van der Waals surface area (Å²) in [5.41, 5.74) is 1.60. The lowest BCUT2D eigenvalue weighted by Crippen LogP contribution is -2.52. The molecule has 0 bridgehead atoms. The highest BCUT2D eigenvalue weighted by Gasteiger charge is 2.31. The van der Waals surface area contributed by atoms with Gasteiger partial charge in [-0.25, -0.2) is 0 Å². The van der Waals surface area contributed by atoms with Crippen molar-refractivity contribution in [3.8, 4) is 0 Å². The van der Waals surface area contributed by atoms with Crippen molar-refractivity contribution < 1.29 is 14.3 Å². The molecule has 2 atom stereocenters. The minimum absolute atomic E-state index is 0.0478. The van der Waals surface area contributed by atoms with Crippen LogP contribution in [0, 0.1) is 5.92 Å². The molecule has 2 aromatic rings. The van der Waals surface area contributed by atoms with E-state index in [0.29, 0.717) is 24.2 Å². The zero-order valence-corrected chi connectivity index (χ0v) is 14.4. The van der Waals surface area contributed by atoms with Crippen LogP contribution in [0.3, 0.4) is 0 Å². The number of hydrogen-bond acceptors (Lipinski definition) is 4. The first-order valence-corrected chi connectivity index (χ1v) is 9.07. The molecule has 6 nitrogen and oxygen atoms in total. The highest BCUT2D eigenvalue weighted by Crippen LogP contribution is 2.22. The SMILES string of the molecule is O=C(NC[C@@H]([C@@H]1CCOC1)N1CCOCC1)c1cc2ccccc2[nH]1. The summed E-state index contributed by atoms with van der Waals surface area (Å²) in [6.45, 7) is 5.61. The first-order valence-electron chi connectivity index (χ1n) is 9.07. The van der Waals surface area contributed by atoms with Crippen LogP contribution < -0.4 is 5.32 Å². The zero-order chi connectivity index (χ0) is 17.1. The van der Waals surface area contributed by atoms with Crippen molar-refractivity contribution in [1.82, 2.24) is 15.2 Å². The summed E-state index contributed by atoms with van der Waals surface area (Å²) in [4.78, 5) is 18.2. The molecule has 25 heavy (non-hydrogen) atoms. The van der Waals surface area contributed by atoms with Crippen LogP contribution in [0.5, 0.6) is 0 Å². The van der Waals surface area contributed by atoms with E-state index in [2.05, 4.69) is 15.2 Å². The Kier molecular flexibility index (Phi) is 5.01. The third-order valence-electron chi connectivity index (χ3n) is 5.27. The number of fused-ring (bicyclic) bond motifs is 1. The molecule has 1 amide bonds. The highest BCUT2D eigenvalue weighted by atomic mass is 16.5. The standard InChI is InChI=1S/C19H25N3O3/c23-19(17-11-14-3-1-2-4-16(14)21-17)20-12-18(15-5-8-25-13-15)22-6-9-24-10-7-22/h1-4,11,15,18,21H,5-10,12-13H2,(H,20,23)/t15-,18+/m1/s1. The largest absolute Gasteiger partial charge is 0.381 e. The third kappa shape index (κ3) is 3.71. The first-order chi connectivity index (χ1) is 12.3. The van der Waals surface area contributed by atoms with Crippen molar-refractivity contribution in [2.24, 2.45) is 5.92 Å². The molecule has 6 heteroatoms. The number of nitrogens with zero attached hydrogens (tertiary/aromatic N) is 1. The summed E-state index contributed by atoms with van der Waals surface area (Å²) in [7, 11) is 0. The number of carbonyl (C=O) groups excluding carboxylic acids is 1. The fraction of sp³-hybridized carbons (Fsp3) is 0.526. The van der Waals surface area contributed by atoms with E-state index in [4.69, 9.17) is 9.47 Å². The number of benzene rings is 1. The molecule has 134 valence electrons. The number of amides is 1. The van der Waals surface area contributed by atoms with Gasteiger partial charge >= 0.3 is 0 Å². The lowest BCUT2D eigenvalue weighted by molar-refractivity contribution is 0.00165. The number of rotatable bonds is 5. The van der Waals surface area contributed by atoms with Crippen molar-refractivity contribution in [2.45, 2.75) is 12.5 Å². The van der Waals surface area contributed by atoms with E-state index in [1.807, 2.05) is 30.3 Å². The van der Waals surface area contributed by atoms with Crippen molar-refractivity contribution in [3.05, 3.63) is 36.0 Å². The molecule has 0 spiro atoms. The number of aromatic amines is 1. The Morgan fingerprint density at radius 3 is 2.84 bits per heavy atom. The number of carbonyl (C=O) groups is 1. The smallest absolute Gasteiger partial charge is 0.267 e. The van der Waals surface area contributed by atoms with Crippen LogP contribution in [-0.4, -0.2) is 67.9 Å². The van der Waals surface area contributed by atoms with Gasteiger partial charge in [-0.2, -0.15) is 0 Å². The first kappa shape index (κ1) is 16.6. The van der Waals surface area contributed by atoms with Crippen molar-refractivity contribution in [3.63, 3.8) is 0 Å². The molecular weight excluding hydrogens is 318 g/mol. The number of aromatic nitrogens is 1. The predicted molar refractivity (Wildman–Crippen MR) is 95.7 cm³/mol. The Morgan fingerprint density at radius 2 is 2.08 bits per heavy atom. The number of para-hydroxylation sites is 1. The average molecular weight is 343 g/mol. The molecule has 1 aromatic heterocycles. The van der Waals surface area contributed by atoms with Gasteiger partial charge in [-0.05, 0) is 18.6 Å². The Labute approximate surface area is 147 Å². The molecule has 4 rings (SSSR count). The fourth-order valence-electron chi connectivity index (χ4n) is 3.85. The van der Waals surface area contributed by atoms with Gasteiger partial charge < -0.3 is 19.8 Å². The Balaban J connectivity index is 1.43. The van der Waals surface area contributed by atoms with Gasteiger partial charge in [-0.15, -0.1) is 0 Å². The Bertz CT molecular complexity index is 685. The molecule has 0 radical (unpaired) electrons. The number of morpholine rings is 1. The van der Waals surface area contributed by atoms with Crippen LogP contribution in [0.15, 0.2) is 30.3 Å². The van der Waals surface area contributed by atoms with E-state index < -0.39 is 0 Å². The summed E-state index contributed by atoms with van der Waals surface area (Å²) in [5.74, 6) is 0.425. The van der Waals surface area contributed by atoms with Crippen LogP contribution in [0.1, 0.15) is 16.9 Å². The van der Waals surface area contributed by atoms with Crippen molar-refractivity contribution in [2.75, 3.05) is 46.1 Å². The fourth-order valence-corrected chi connectivity index (χ4v) is 3.85. The van der Waals surface area contributed by atoms with Crippen molar-refractivity contribution in [1.29, 1.82) is 0 Å². The predicted octanol–water partition coefficient (Wildman–Crippen LogP) is 1.64. The minimum atomic E-state index is -0.0478. The lowest BCUT2D eigenvalue weighted by atomic mass is 9.97. The Morgan fingerprint density at radius 1 is 1.24 bits per heavy atom.